The van der Waals surface area contributed by atoms with Crippen LogP contribution in [-0.4, -0.2) is 14.8 Å². The summed E-state index contributed by atoms with van der Waals surface area (Å²) in [4.78, 5) is 4.09. The van der Waals surface area contributed by atoms with E-state index in [9.17, 15) is 0 Å². The molecule has 3 heteroatoms. The topological polar surface area (TPSA) is 30.7 Å². The van der Waals surface area contributed by atoms with Crippen molar-refractivity contribution in [3.8, 4) is 22.5 Å². The fraction of sp³-hybridized carbons (Fsp3) is 0.0476. The zero-order valence-electron chi connectivity index (χ0n) is 13.2. The minimum Gasteiger partial charge on any atom is -0.265 e. The van der Waals surface area contributed by atoms with E-state index in [1.54, 1.807) is 0 Å². The summed E-state index contributed by atoms with van der Waals surface area (Å²) in [7, 11) is 0. The van der Waals surface area contributed by atoms with Crippen molar-refractivity contribution < 1.29 is 0 Å². The van der Waals surface area contributed by atoms with E-state index < -0.39 is 0 Å². The van der Waals surface area contributed by atoms with Crippen molar-refractivity contribution in [3.63, 3.8) is 0 Å². The molecule has 0 aliphatic rings. The third kappa shape index (κ3) is 2.97. The highest BCUT2D eigenvalue weighted by Gasteiger charge is 2.11. The lowest BCUT2D eigenvalue weighted by molar-refractivity contribution is 0.696. The molecule has 24 heavy (non-hydrogen) atoms. The third-order valence-corrected chi connectivity index (χ3v) is 4.00. The lowest BCUT2D eigenvalue weighted by atomic mass is 10.1. The molecule has 0 aliphatic heterocycles. The Morgan fingerprint density at radius 1 is 0.708 bits per heavy atom. The lowest BCUT2D eigenvalue weighted by Gasteiger charge is -2.07. The average molecular weight is 311 g/mol. The van der Waals surface area contributed by atoms with Crippen molar-refractivity contribution in [2.75, 3.05) is 0 Å². The van der Waals surface area contributed by atoms with Crippen LogP contribution >= 0.6 is 0 Å². The van der Waals surface area contributed by atoms with Gasteiger partial charge in [0.2, 0.25) is 0 Å². The highest BCUT2D eigenvalue weighted by atomic mass is 15.3. The molecule has 0 unspecified atom stereocenters. The normalized spacial score (nSPS) is 10.7. The first kappa shape index (κ1) is 14.4. The Bertz CT molecular complexity index is 913. The Hall–Kier alpha value is -3.20. The highest BCUT2D eigenvalue weighted by molar-refractivity contribution is 5.68. The number of aromatic nitrogens is 3. The molecular formula is C21H17N3. The van der Waals surface area contributed by atoms with Gasteiger partial charge in [-0.15, -0.1) is 0 Å². The minimum atomic E-state index is 0.722. The molecule has 2 aromatic heterocycles. The van der Waals surface area contributed by atoms with Crippen LogP contribution in [0.3, 0.4) is 0 Å². The molecule has 116 valence electrons. The van der Waals surface area contributed by atoms with Crippen LogP contribution in [0.4, 0.5) is 0 Å². The number of rotatable bonds is 4. The summed E-state index contributed by atoms with van der Waals surface area (Å²) < 4.78 is 2.06. The molecule has 0 N–H and O–H groups in total. The van der Waals surface area contributed by atoms with E-state index in [4.69, 9.17) is 5.10 Å². The Balaban J connectivity index is 1.80. The van der Waals surface area contributed by atoms with Gasteiger partial charge in [-0.25, -0.2) is 0 Å². The molecule has 0 amide bonds. The van der Waals surface area contributed by atoms with Crippen molar-refractivity contribution in [2.45, 2.75) is 6.54 Å². The summed E-state index contributed by atoms with van der Waals surface area (Å²) in [5, 5.41) is 4.85. The predicted octanol–water partition coefficient (Wildman–Crippen LogP) is 4.66. The fourth-order valence-corrected chi connectivity index (χ4v) is 2.79. The van der Waals surface area contributed by atoms with Crippen molar-refractivity contribution in [3.05, 3.63) is 96.8 Å². The van der Waals surface area contributed by atoms with Gasteiger partial charge < -0.3 is 0 Å². The molecular weight excluding hydrogens is 294 g/mol. The van der Waals surface area contributed by atoms with Crippen LogP contribution in [0.2, 0.25) is 0 Å². The van der Waals surface area contributed by atoms with Crippen LogP contribution in [0.1, 0.15) is 5.56 Å². The monoisotopic (exact) mass is 311 g/mol. The van der Waals surface area contributed by atoms with Gasteiger partial charge >= 0.3 is 0 Å². The molecule has 0 bridgehead atoms. The van der Waals surface area contributed by atoms with E-state index in [2.05, 4.69) is 52.1 Å². The number of benzene rings is 2. The zero-order valence-corrected chi connectivity index (χ0v) is 13.2. The summed E-state index contributed by atoms with van der Waals surface area (Å²) in [5.74, 6) is 0. The van der Waals surface area contributed by atoms with Gasteiger partial charge in [0, 0.05) is 18.0 Å². The molecule has 4 aromatic rings. The number of pyridine rings is 1. The quantitative estimate of drug-likeness (QED) is 0.549. The predicted molar refractivity (Wildman–Crippen MR) is 96.4 cm³/mol. The average Bonchev–Trinajstić information content (AvgIpc) is 3.08. The first-order chi connectivity index (χ1) is 11.9. The molecule has 2 heterocycles. The number of hydrogen-bond acceptors (Lipinski definition) is 2. The van der Waals surface area contributed by atoms with Crippen LogP contribution < -0.4 is 0 Å². The number of hydrogen-bond donors (Lipinski definition) is 0. The second-order valence-electron chi connectivity index (χ2n) is 5.66. The Morgan fingerprint density at radius 2 is 1.33 bits per heavy atom. The Morgan fingerprint density at radius 3 is 2.00 bits per heavy atom. The summed E-state index contributed by atoms with van der Waals surface area (Å²) in [6, 6.07) is 26.9. The highest BCUT2D eigenvalue weighted by Crippen LogP contribution is 2.26. The first-order valence-electron chi connectivity index (χ1n) is 7.98. The summed E-state index contributed by atoms with van der Waals surface area (Å²) in [5.41, 5.74) is 5.59. The SMILES string of the molecule is c1ccc(-c2cc(-c3ccccc3)n(Cc3ccncc3)n2)cc1. The van der Waals surface area contributed by atoms with Gasteiger partial charge in [-0.3, -0.25) is 9.67 Å². The van der Waals surface area contributed by atoms with Gasteiger partial charge in [0.15, 0.2) is 0 Å². The van der Waals surface area contributed by atoms with Crippen LogP contribution in [0.5, 0.6) is 0 Å². The van der Waals surface area contributed by atoms with Gasteiger partial charge in [-0.05, 0) is 29.3 Å². The minimum absolute atomic E-state index is 0.722. The lowest BCUT2D eigenvalue weighted by Crippen LogP contribution is -2.04. The van der Waals surface area contributed by atoms with Crippen molar-refractivity contribution >= 4 is 0 Å². The maximum absolute atomic E-state index is 4.85. The standard InChI is InChI=1S/C21H17N3/c1-3-7-18(8-4-1)20-15-21(19-9-5-2-6-10-19)24(23-20)16-17-11-13-22-14-12-17/h1-15H,16H2. The molecule has 0 saturated heterocycles. The van der Waals surface area contributed by atoms with Crippen LogP contribution in [0.25, 0.3) is 22.5 Å². The van der Waals surface area contributed by atoms with E-state index in [1.165, 1.54) is 11.1 Å². The second-order valence-corrected chi connectivity index (χ2v) is 5.66. The molecule has 0 radical (unpaired) electrons. The van der Waals surface area contributed by atoms with Crippen molar-refractivity contribution in [1.29, 1.82) is 0 Å². The van der Waals surface area contributed by atoms with Gasteiger partial charge in [-0.1, -0.05) is 60.7 Å². The smallest absolute Gasteiger partial charge is 0.0929 e. The molecule has 4 rings (SSSR count). The van der Waals surface area contributed by atoms with E-state index >= 15 is 0 Å². The maximum Gasteiger partial charge on any atom is 0.0929 e. The van der Waals surface area contributed by atoms with E-state index in [0.717, 1.165) is 23.5 Å². The molecule has 3 nitrogen and oxygen atoms in total. The maximum atomic E-state index is 4.85. The molecule has 0 saturated carbocycles. The molecule has 0 fully saturated rings. The van der Waals surface area contributed by atoms with Crippen LogP contribution in [0, 0.1) is 0 Å². The van der Waals surface area contributed by atoms with Crippen molar-refractivity contribution in [2.24, 2.45) is 0 Å². The molecule has 2 aromatic carbocycles. The summed E-state index contributed by atoms with van der Waals surface area (Å²) in [6.07, 6.45) is 3.64. The summed E-state index contributed by atoms with van der Waals surface area (Å²) >= 11 is 0. The van der Waals surface area contributed by atoms with Crippen LogP contribution in [-0.2, 0) is 6.54 Å². The van der Waals surface area contributed by atoms with Gasteiger partial charge in [0.1, 0.15) is 0 Å². The number of nitrogens with zero attached hydrogens (tertiary/aromatic N) is 3. The van der Waals surface area contributed by atoms with Gasteiger partial charge in [0.25, 0.3) is 0 Å². The molecule has 0 atom stereocenters. The Kier molecular flexibility index (Phi) is 3.90. The van der Waals surface area contributed by atoms with Crippen LogP contribution in [0.15, 0.2) is 91.3 Å². The second kappa shape index (κ2) is 6.50. The third-order valence-electron chi connectivity index (χ3n) is 4.00. The molecule has 0 spiro atoms. The van der Waals surface area contributed by atoms with E-state index in [0.29, 0.717) is 0 Å². The zero-order chi connectivity index (χ0) is 16.2. The largest absolute Gasteiger partial charge is 0.265 e. The summed E-state index contributed by atoms with van der Waals surface area (Å²) in [6.45, 7) is 0.722. The van der Waals surface area contributed by atoms with Gasteiger partial charge in [0.05, 0.1) is 17.9 Å². The Labute approximate surface area is 141 Å². The van der Waals surface area contributed by atoms with Gasteiger partial charge in [-0.2, -0.15) is 5.10 Å². The van der Waals surface area contributed by atoms with E-state index in [-0.39, 0.29) is 0 Å². The first-order valence-corrected chi connectivity index (χ1v) is 7.98. The van der Waals surface area contributed by atoms with E-state index in [1.807, 2.05) is 48.8 Å². The fourth-order valence-electron chi connectivity index (χ4n) is 2.79. The van der Waals surface area contributed by atoms with Crippen molar-refractivity contribution in [1.82, 2.24) is 14.8 Å². The molecule has 0 aliphatic carbocycles.